The first kappa shape index (κ1) is 13.2. The summed E-state index contributed by atoms with van der Waals surface area (Å²) in [6.45, 7) is 0.480. The molecule has 0 spiro atoms. The molecule has 0 bridgehead atoms. The van der Waals surface area contributed by atoms with Crippen LogP contribution in [0.2, 0.25) is 0 Å². The van der Waals surface area contributed by atoms with Crippen LogP contribution in [0.15, 0.2) is 0 Å². The second-order valence-electron chi connectivity index (χ2n) is 2.92. The number of nitrogens with two attached hydrogens (primary N) is 1. The summed E-state index contributed by atoms with van der Waals surface area (Å²) in [4.78, 5) is 22.6. The molecule has 82 valence electrons. The van der Waals surface area contributed by atoms with Crippen LogP contribution in [0.5, 0.6) is 0 Å². The van der Waals surface area contributed by atoms with Crippen molar-refractivity contribution in [2.75, 3.05) is 31.6 Å². The van der Waals surface area contributed by atoms with Gasteiger partial charge in [0.25, 0.3) is 0 Å². The number of primary amides is 1. The van der Waals surface area contributed by atoms with Gasteiger partial charge in [0.1, 0.15) is 0 Å². The Kier molecular flexibility index (Phi) is 7.23. The lowest BCUT2D eigenvalue weighted by Crippen LogP contribution is -2.38. The molecule has 0 saturated heterocycles. The summed E-state index contributed by atoms with van der Waals surface area (Å²) in [6, 6.07) is 0. The quantitative estimate of drug-likeness (QED) is 0.544. The molecular weight excluding hydrogens is 204 g/mol. The van der Waals surface area contributed by atoms with Crippen molar-refractivity contribution in [3.05, 3.63) is 0 Å². The van der Waals surface area contributed by atoms with Crippen molar-refractivity contribution < 1.29 is 14.7 Å². The van der Waals surface area contributed by atoms with E-state index in [1.807, 2.05) is 6.26 Å². The van der Waals surface area contributed by atoms with Crippen molar-refractivity contribution in [1.29, 1.82) is 0 Å². The van der Waals surface area contributed by atoms with E-state index in [-0.39, 0.29) is 13.1 Å². The maximum Gasteiger partial charge on any atom is 0.317 e. The average molecular weight is 220 g/mol. The van der Waals surface area contributed by atoms with Crippen molar-refractivity contribution in [3.8, 4) is 0 Å². The molecule has 5 nitrogen and oxygen atoms in total. The number of carbonyl (C=O) groups is 2. The smallest absolute Gasteiger partial charge is 0.317 e. The third-order valence-corrected chi connectivity index (χ3v) is 2.26. The van der Waals surface area contributed by atoms with Gasteiger partial charge in [-0.3, -0.25) is 14.5 Å². The predicted octanol–water partition coefficient (Wildman–Crippen LogP) is -0.389. The van der Waals surface area contributed by atoms with Gasteiger partial charge in [-0.1, -0.05) is 0 Å². The summed E-state index contributed by atoms with van der Waals surface area (Å²) < 4.78 is 0. The minimum atomic E-state index is -0.935. The molecule has 0 radical (unpaired) electrons. The number of carboxylic acid groups (broad SMARTS) is 1. The van der Waals surface area contributed by atoms with E-state index in [9.17, 15) is 9.59 Å². The molecule has 0 unspecified atom stereocenters. The molecule has 0 aliphatic heterocycles. The van der Waals surface area contributed by atoms with Crippen molar-refractivity contribution in [2.45, 2.75) is 6.42 Å². The Morgan fingerprint density at radius 3 is 2.50 bits per heavy atom. The van der Waals surface area contributed by atoms with Crippen molar-refractivity contribution in [3.63, 3.8) is 0 Å². The Morgan fingerprint density at radius 2 is 2.07 bits per heavy atom. The number of aliphatic carboxylic acids is 1. The van der Waals surface area contributed by atoms with E-state index in [0.717, 1.165) is 12.2 Å². The fourth-order valence-corrected chi connectivity index (χ4v) is 1.48. The summed E-state index contributed by atoms with van der Waals surface area (Å²) in [5, 5.41) is 8.55. The van der Waals surface area contributed by atoms with Crippen molar-refractivity contribution >= 4 is 23.6 Å². The first-order chi connectivity index (χ1) is 6.56. The minimum absolute atomic E-state index is 0.0146. The lowest BCUT2D eigenvalue weighted by atomic mass is 10.4. The van der Waals surface area contributed by atoms with Gasteiger partial charge in [0.05, 0.1) is 13.1 Å². The van der Waals surface area contributed by atoms with Crippen LogP contribution >= 0.6 is 11.8 Å². The maximum absolute atomic E-state index is 10.6. The van der Waals surface area contributed by atoms with Gasteiger partial charge in [0.2, 0.25) is 5.91 Å². The Balaban J connectivity index is 3.84. The number of amides is 1. The first-order valence-corrected chi connectivity index (χ1v) is 5.67. The molecule has 0 aromatic rings. The van der Waals surface area contributed by atoms with Crippen LogP contribution in [0.1, 0.15) is 6.42 Å². The van der Waals surface area contributed by atoms with E-state index in [1.165, 1.54) is 0 Å². The second kappa shape index (κ2) is 7.64. The molecule has 3 N–H and O–H groups in total. The Morgan fingerprint density at radius 1 is 1.43 bits per heavy atom. The molecule has 0 aromatic heterocycles. The van der Waals surface area contributed by atoms with Crippen LogP contribution in [0.3, 0.4) is 0 Å². The standard InChI is InChI=1S/C8H16N2O3S/c1-14-4-2-3-10(5-7(9)11)6-8(12)13/h2-6H2,1H3,(H2,9,11)(H,12,13). The van der Waals surface area contributed by atoms with Gasteiger partial charge in [0, 0.05) is 6.54 Å². The minimum Gasteiger partial charge on any atom is -0.480 e. The molecule has 0 aliphatic carbocycles. The van der Waals surface area contributed by atoms with E-state index in [0.29, 0.717) is 6.54 Å². The number of rotatable bonds is 8. The SMILES string of the molecule is CSCCCN(CC(N)=O)CC(=O)O. The summed E-state index contributed by atoms with van der Waals surface area (Å²) in [5.74, 6) is -0.472. The van der Waals surface area contributed by atoms with Gasteiger partial charge < -0.3 is 10.8 Å². The molecule has 0 heterocycles. The monoisotopic (exact) mass is 220 g/mol. The maximum atomic E-state index is 10.6. The highest BCUT2D eigenvalue weighted by Gasteiger charge is 2.11. The first-order valence-electron chi connectivity index (χ1n) is 4.27. The predicted molar refractivity (Wildman–Crippen MR) is 56.3 cm³/mol. The largest absolute Gasteiger partial charge is 0.480 e. The van der Waals surface area contributed by atoms with Gasteiger partial charge in [-0.15, -0.1) is 0 Å². The van der Waals surface area contributed by atoms with Gasteiger partial charge >= 0.3 is 5.97 Å². The molecule has 0 saturated carbocycles. The fourth-order valence-electron chi connectivity index (χ4n) is 1.06. The normalized spacial score (nSPS) is 10.4. The number of thioether (sulfide) groups is 1. The lowest BCUT2D eigenvalue weighted by Gasteiger charge is -2.17. The van der Waals surface area contributed by atoms with Crippen molar-refractivity contribution in [1.82, 2.24) is 4.90 Å². The van der Waals surface area contributed by atoms with Crippen LogP contribution in [-0.2, 0) is 9.59 Å². The van der Waals surface area contributed by atoms with Crippen LogP contribution < -0.4 is 5.73 Å². The van der Waals surface area contributed by atoms with E-state index < -0.39 is 11.9 Å². The number of hydrogen-bond donors (Lipinski definition) is 2. The zero-order valence-corrected chi connectivity index (χ0v) is 9.05. The molecule has 14 heavy (non-hydrogen) atoms. The zero-order chi connectivity index (χ0) is 11.0. The Bertz CT molecular complexity index is 183. The summed E-state index contributed by atoms with van der Waals surface area (Å²) in [5.41, 5.74) is 4.99. The summed E-state index contributed by atoms with van der Waals surface area (Å²) >= 11 is 1.69. The summed E-state index contributed by atoms with van der Waals surface area (Å²) in [6.07, 6.45) is 2.84. The number of nitrogens with zero attached hydrogens (tertiary/aromatic N) is 1. The zero-order valence-electron chi connectivity index (χ0n) is 8.23. The third-order valence-electron chi connectivity index (χ3n) is 1.56. The van der Waals surface area contributed by atoms with Crippen LogP contribution in [-0.4, -0.2) is 53.5 Å². The number of carboxylic acids is 1. The molecule has 0 aromatic carbocycles. The molecule has 6 heteroatoms. The third kappa shape index (κ3) is 7.88. The van der Waals surface area contributed by atoms with Gasteiger partial charge in [-0.25, -0.2) is 0 Å². The van der Waals surface area contributed by atoms with Gasteiger partial charge in [-0.2, -0.15) is 11.8 Å². The molecule has 0 rings (SSSR count). The molecule has 0 fully saturated rings. The van der Waals surface area contributed by atoms with E-state index in [1.54, 1.807) is 16.7 Å². The molecule has 0 atom stereocenters. The van der Waals surface area contributed by atoms with Crippen LogP contribution in [0, 0.1) is 0 Å². The van der Waals surface area contributed by atoms with E-state index in [2.05, 4.69) is 0 Å². The highest BCUT2D eigenvalue weighted by molar-refractivity contribution is 7.98. The van der Waals surface area contributed by atoms with E-state index in [4.69, 9.17) is 10.8 Å². The van der Waals surface area contributed by atoms with Crippen LogP contribution in [0.25, 0.3) is 0 Å². The van der Waals surface area contributed by atoms with E-state index >= 15 is 0 Å². The van der Waals surface area contributed by atoms with Gasteiger partial charge in [0.15, 0.2) is 0 Å². The topological polar surface area (TPSA) is 83.6 Å². The van der Waals surface area contributed by atoms with Gasteiger partial charge in [-0.05, 0) is 18.4 Å². The molecule has 1 amide bonds. The van der Waals surface area contributed by atoms with Crippen molar-refractivity contribution in [2.24, 2.45) is 5.73 Å². The lowest BCUT2D eigenvalue weighted by molar-refractivity contribution is -0.138. The van der Waals surface area contributed by atoms with Crippen LogP contribution in [0.4, 0.5) is 0 Å². The Hall–Kier alpha value is -0.750. The average Bonchev–Trinajstić information content (AvgIpc) is 2.02. The molecule has 0 aliphatic rings. The fraction of sp³-hybridized carbons (Fsp3) is 0.750. The Labute approximate surface area is 87.6 Å². The highest BCUT2D eigenvalue weighted by Crippen LogP contribution is 1.98. The number of hydrogen-bond acceptors (Lipinski definition) is 4. The second-order valence-corrected chi connectivity index (χ2v) is 3.90. The molecular formula is C8H16N2O3S. The summed E-state index contributed by atoms with van der Waals surface area (Å²) in [7, 11) is 0. The number of carbonyl (C=O) groups excluding carboxylic acids is 1. The highest BCUT2D eigenvalue weighted by atomic mass is 32.2.